The van der Waals surface area contributed by atoms with Crippen LogP contribution in [0.15, 0.2) is 107 Å². The van der Waals surface area contributed by atoms with Crippen LogP contribution in [0, 0.1) is 107 Å². The lowest BCUT2D eigenvalue weighted by molar-refractivity contribution is -0.127. The van der Waals surface area contributed by atoms with E-state index in [1.54, 1.807) is 87.0 Å². The minimum Gasteiger partial charge on any atom is -0.503 e. The molecule has 0 unspecified atom stereocenters. The molecule has 3 aliphatic heterocycles. The molecule has 3 aromatic carbocycles. The maximum Gasteiger partial charge on any atom is 0.276 e. The molecule has 0 spiro atoms. The number of hydrogen-bond donors (Lipinski definition) is 3. The highest BCUT2D eigenvalue weighted by molar-refractivity contribution is 6.38. The average Bonchev–Trinajstić information content (AvgIpc) is 0.728. The molecular weight excluding hydrogens is 1900 g/mol. The first-order valence-corrected chi connectivity index (χ1v) is 43.4. The van der Waals surface area contributed by atoms with Gasteiger partial charge < -0.3 is 44.7 Å². The van der Waals surface area contributed by atoms with E-state index in [1.165, 1.54) is 36.4 Å². The molecule has 0 aliphatic carbocycles. The summed E-state index contributed by atoms with van der Waals surface area (Å²) in [6.07, 6.45) is 8.29. The highest BCUT2D eigenvalue weighted by atomic mass is 35.5. The zero-order valence-electron chi connectivity index (χ0n) is 72.8. The molecule has 12 heterocycles. The van der Waals surface area contributed by atoms with E-state index in [9.17, 15) is 81.8 Å². The summed E-state index contributed by atoms with van der Waals surface area (Å²) in [4.78, 5) is 116. The molecular formula is C93H75Cl6F9N18O9. The second kappa shape index (κ2) is 39.4. The van der Waals surface area contributed by atoms with Gasteiger partial charge in [-0.2, -0.15) is 24.6 Å². The Morgan fingerprint density at radius 3 is 0.881 bits per heavy atom. The van der Waals surface area contributed by atoms with Crippen molar-refractivity contribution in [3.63, 3.8) is 0 Å². The van der Waals surface area contributed by atoms with Crippen LogP contribution in [0.4, 0.5) is 56.6 Å². The topological polar surface area (TPSA) is 346 Å². The SMILES string of the molecule is C=CC(=O)N1CCN(c2c(C#N)c(=O)n(-c3c(C)ccnc3C(C)C)c3nc(-c4c(F)c(O)c(F)c(Cl)c4F)c(Cl)cc23)CC1.C=CC(=O)N1CCN(c2c(C#N)c(=O)n(-c3c(C)ccnc3C(C)C)c3nc(-c4c(F)c(O)c(F)c(F)c4Cl)c(Cl)cc23)CC1.C=CC(=O)N1CCN(c2c(C#N)c(=O)n(-c3c(C)ccnc3C(C)C)c3nc(-c4c(F)c(O)c(F)c(F)c4Cl)c(Cl)cc23)CC1. The monoisotopic (exact) mass is 1970 g/mol. The molecule has 0 radical (unpaired) electrons. The molecule has 3 fully saturated rings. The number of halogens is 15. The smallest absolute Gasteiger partial charge is 0.276 e. The van der Waals surface area contributed by atoms with Crippen molar-refractivity contribution in [3.8, 4) is 86.3 Å². The molecule has 0 atom stereocenters. The second-order valence-corrected chi connectivity index (χ2v) is 34.4. The van der Waals surface area contributed by atoms with E-state index in [0.717, 1.165) is 13.7 Å². The Balaban J connectivity index is 0.000000171. The summed E-state index contributed by atoms with van der Waals surface area (Å²) in [6.45, 7) is 29.8. The van der Waals surface area contributed by atoms with Crippen LogP contribution in [0.3, 0.4) is 0 Å². The molecule has 15 rings (SSSR count). The minimum absolute atomic E-state index is 0.115. The summed E-state index contributed by atoms with van der Waals surface area (Å²) in [6, 6.07) is 14.9. The molecule has 0 bridgehead atoms. The first kappa shape index (κ1) is 98.7. The number of carbonyl (C=O) groups is 3. The maximum absolute atomic E-state index is 15.3. The van der Waals surface area contributed by atoms with Crippen molar-refractivity contribution in [2.24, 2.45) is 0 Å². The molecule has 12 aromatic rings. The molecule has 27 nitrogen and oxygen atoms in total. The van der Waals surface area contributed by atoms with E-state index >= 15 is 17.6 Å². The summed E-state index contributed by atoms with van der Waals surface area (Å²) >= 11 is 37.6. The van der Waals surface area contributed by atoms with Gasteiger partial charge in [0.15, 0.2) is 58.0 Å². The van der Waals surface area contributed by atoms with Crippen LogP contribution in [-0.2, 0) is 14.4 Å². The molecule has 135 heavy (non-hydrogen) atoms. The fraction of sp³-hybridized carbons (Fsp3) is 0.258. The van der Waals surface area contributed by atoms with Crippen LogP contribution in [0.25, 0.3) is 83.9 Å². The lowest BCUT2D eigenvalue weighted by Gasteiger charge is -2.36. The normalized spacial score (nSPS) is 13.4. The van der Waals surface area contributed by atoms with Gasteiger partial charge in [-0.15, -0.1) is 0 Å². The lowest BCUT2D eigenvalue weighted by Crippen LogP contribution is -2.49. The molecule has 696 valence electrons. The van der Waals surface area contributed by atoms with E-state index in [-0.39, 0.29) is 196 Å². The van der Waals surface area contributed by atoms with Crippen molar-refractivity contribution < 1.29 is 69.2 Å². The number of phenols is 3. The quantitative estimate of drug-likeness (QED) is 0.0371. The third kappa shape index (κ3) is 17.5. The maximum atomic E-state index is 15.3. The van der Waals surface area contributed by atoms with Crippen LogP contribution < -0.4 is 31.4 Å². The summed E-state index contributed by atoms with van der Waals surface area (Å²) in [5.74, 6) is -21.6. The van der Waals surface area contributed by atoms with Gasteiger partial charge >= 0.3 is 0 Å². The molecule has 9 aromatic heterocycles. The Hall–Kier alpha value is -13.8. The average molecular weight is 1970 g/mol. The number of pyridine rings is 9. The zero-order chi connectivity index (χ0) is 98.7. The summed E-state index contributed by atoms with van der Waals surface area (Å²) in [5, 5.41) is 57.4. The molecule has 3 saturated heterocycles. The number of carbonyl (C=O) groups excluding carboxylic acids is 3. The second-order valence-electron chi connectivity index (χ2n) is 32.0. The Bertz CT molecular complexity index is 6650. The minimum atomic E-state index is -1.89. The highest BCUT2D eigenvalue weighted by Crippen LogP contribution is 2.49. The van der Waals surface area contributed by atoms with Gasteiger partial charge in [0.1, 0.15) is 56.9 Å². The number of aryl methyl sites for hydroxylation is 3. The van der Waals surface area contributed by atoms with Gasteiger partial charge in [-0.05, 0) is 110 Å². The molecule has 3 N–H and O–H groups in total. The molecule has 3 amide bonds. The van der Waals surface area contributed by atoms with Gasteiger partial charge in [-0.25, -0.2) is 45.7 Å². The van der Waals surface area contributed by atoms with Crippen molar-refractivity contribution in [2.75, 3.05) is 93.2 Å². The van der Waals surface area contributed by atoms with E-state index in [0.29, 0.717) is 50.8 Å². The number of benzene rings is 3. The Morgan fingerprint density at radius 1 is 0.378 bits per heavy atom. The van der Waals surface area contributed by atoms with Gasteiger partial charge in [0, 0.05) is 113 Å². The third-order valence-electron chi connectivity index (χ3n) is 23.0. The number of aromatic nitrogens is 9. The lowest BCUT2D eigenvalue weighted by atomic mass is 10.0. The van der Waals surface area contributed by atoms with Crippen molar-refractivity contribution in [3.05, 3.63) is 257 Å². The van der Waals surface area contributed by atoms with E-state index in [2.05, 4.69) is 49.6 Å². The van der Waals surface area contributed by atoms with E-state index < -0.39 is 135 Å². The first-order valence-electron chi connectivity index (χ1n) is 41.1. The number of hydrogen-bond acceptors (Lipinski definition) is 21. The Morgan fingerprint density at radius 2 is 0.630 bits per heavy atom. The van der Waals surface area contributed by atoms with Gasteiger partial charge in [-0.3, -0.25) is 57.4 Å². The third-order valence-corrected chi connectivity index (χ3v) is 24.9. The Labute approximate surface area is 792 Å². The van der Waals surface area contributed by atoms with E-state index in [1.807, 2.05) is 59.8 Å². The highest BCUT2D eigenvalue weighted by Gasteiger charge is 2.39. The zero-order valence-corrected chi connectivity index (χ0v) is 77.3. The van der Waals surface area contributed by atoms with Crippen LogP contribution in [-0.4, -0.2) is 170 Å². The fourth-order valence-electron chi connectivity index (χ4n) is 16.4. The number of nitrogens with zero attached hydrogens (tertiary/aromatic N) is 18. The number of rotatable bonds is 15. The predicted molar refractivity (Wildman–Crippen MR) is 494 cm³/mol. The number of piperazine rings is 3. The van der Waals surface area contributed by atoms with Crippen LogP contribution >= 0.6 is 69.6 Å². The van der Waals surface area contributed by atoms with Gasteiger partial charge in [-0.1, -0.05) is 131 Å². The number of fused-ring (bicyclic) bond motifs is 3. The number of anilines is 3. The molecule has 42 heteroatoms. The van der Waals surface area contributed by atoms with Crippen molar-refractivity contribution in [1.82, 2.24) is 58.3 Å². The number of nitriles is 3. The Kier molecular flexibility index (Phi) is 28.8. The van der Waals surface area contributed by atoms with Crippen LogP contribution in [0.1, 0.15) is 110 Å². The van der Waals surface area contributed by atoms with Crippen molar-refractivity contribution in [2.45, 2.75) is 80.1 Å². The van der Waals surface area contributed by atoms with E-state index in [4.69, 9.17) is 69.6 Å². The van der Waals surface area contributed by atoms with Crippen LogP contribution in [0.2, 0.25) is 30.1 Å². The predicted octanol–water partition coefficient (Wildman–Crippen LogP) is 18.0. The number of amides is 3. The summed E-state index contributed by atoms with van der Waals surface area (Å²) in [7, 11) is 0. The standard InChI is InChI=1S/3C31H25Cl2F3N6O3/c1-5-19(43)40-8-10-41(11-9-40)28-16-12-18(32)26(20-22(34)21(33)24(36)29(44)23(20)35)39-30(16)42(31(45)17(28)13-37)27-15(4)6-7-38-25(27)14(2)3;2*1-5-19(43)40-8-10-41(11-9-40)28-16-12-18(32)26(20-21(33)23(35)24(36)29(44)22(20)34)39-30(16)42(31(45)17(28)13-37)27-15(4)6-7-38-25(27)14(2)3/h3*5-7,12,14,44H,1,8-11H2,2-4H3. The number of aromatic hydroxyl groups is 3. The van der Waals surface area contributed by atoms with Crippen LogP contribution in [0.5, 0.6) is 17.2 Å². The first-order chi connectivity index (χ1) is 64.0. The summed E-state index contributed by atoms with van der Waals surface area (Å²) in [5.41, 5.74) is -3.01. The number of phenolic OH excluding ortho intramolecular Hbond substituents is 3. The van der Waals surface area contributed by atoms with Gasteiger partial charge in [0.25, 0.3) is 16.7 Å². The van der Waals surface area contributed by atoms with Gasteiger partial charge in [0.05, 0.1) is 110 Å². The van der Waals surface area contributed by atoms with Crippen molar-refractivity contribution >= 4 is 137 Å². The van der Waals surface area contributed by atoms with Gasteiger partial charge in [0.2, 0.25) is 29.4 Å². The largest absolute Gasteiger partial charge is 0.503 e. The fourth-order valence-corrected chi connectivity index (χ4v) is 17.9. The molecule has 0 saturated carbocycles. The summed E-state index contributed by atoms with van der Waals surface area (Å²) < 4.78 is 136. The molecule has 3 aliphatic rings. The van der Waals surface area contributed by atoms with Crippen molar-refractivity contribution in [1.29, 1.82) is 15.8 Å².